The van der Waals surface area contributed by atoms with Gasteiger partial charge in [0.2, 0.25) is 0 Å². The Hall–Kier alpha value is -1.98. The molecule has 0 bridgehead atoms. The van der Waals surface area contributed by atoms with E-state index in [9.17, 15) is 22.2 Å². The number of ether oxygens (including phenoxy) is 1. The molecule has 0 aliphatic carbocycles. The molecule has 6 nitrogen and oxygen atoms in total. The van der Waals surface area contributed by atoms with Crippen LogP contribution in [0, 0.1) is 5.41 Å². The van der Waals surface area contributed by atoms with E-state index < -0.39 is 38.3 Å². The SMILES string of the molecule is CCOC(=O)c1nccnc1Sc1c(Cl)cc(C(F)(F)F)cc1C(=N)S(=O)C(C)(C)C. The lowest BCUT2D eigenvalue weighted by atomic mass is 10.1. The lowest BCUT2D eigenvalue weighted by Gasteiger charge is -2.21. The molecule has 0 amide bonds. The highest BCUT2D eigenvalue weighted by Crippen LogP contribution is 2.41. The minimum Gasteiger partial charge on any atom is -0.461 e. The summed E-state index contributed by atoms with van der Waals surface area (Å²) in [6, 6.07) is 1.43. The number of esters is 1. The Morgan fingerprint density at radius 3 is 2.39 bits per heavy atom. The molecule has 0 radical (unpaired) electrons. The maximum absolute atomic E-state index is 13.4. The lowest BCUT2D eigenvalue weighted by Crippen LogP contribution is -2.28. The number of carbonyl (C=O) groups excluding carboxylic acids is 1. The Labute approximate surface area is 188 Å². The van der Waals surface area contributed by atoms with Crippen LogP contribution >= 0.6 is 23.4 Å². The molecular formula is C19H19ClF3N3O3S2. The fourth-order valence-electron chi connectivity index (χ4n) is 2.27. The topological polar surface area (TPSA) is 93.0 Å². The number of carbonyl (C=O) groups is 1. The summed E-state index contributed by atoms with van der Waals surface area (Å²) in [5.41, 5.74) is -1.50. The maximum atomic E-state index is 13.4. The fraction of sp³-hybridized carbons (Fsp3) is 0.368. The molecule has 0 aliphatic heterocycles. The van der Waals surface area contributed by atoms with Crippen LogP contribution in [0.4, 0.5) is 13.2 Å². The van der Waals surface area contributed by atoms with Gasteiger partial charge in [-0.1, -0.05) is 23.4 Å². The summed E-state index contributed by atoms with van der Waals surface area (Å²) in [7, 11) is -1.95. The predicted octanol–water partition coefficient (Wildman–Crippen LogP) is 5.35. The maximum Gasteiger partial charge on any atom is 0.416 e. The van der Waals surface area contributed by atoms with Gasteiger partial charge in [0, 0.05) is 27.6 Å². The fourth-order valence-corrected chi connectivity index (χ4v) is 4.61. The van der Waals surface area contributed by atoms with Gasteiger partial charge in [-0.3, -0.25) is 9.62 Å². The quantitative estimate of drug-likeness (QED) is 0.343. The van der Waals surface area contributed by atoms with E-state index in [4.69, 9.17) is 21.7 Å². The highest BCUT2D eigenvalue weighted by atomic mass is 35.5. The minimum atomic E-state index is -4.73. The number of rotatable bonds is 5. The van der Waals surface area contributed by atoms with E-state index in [1.165, 1.54) is 12.4 Å². The third-order valence-electron chi connectivity index (χ3n) is 3.69. The van der Waals surface area contributed by atoms with Crippen LogP contribution in [-0.2, 0) is 21.7 Å². The number of hydrogen-bond donors (Lipinski definition) is 1. The molecule has 12 heteroatoms. The summed E-state index contributed by atoms with van der Waals surface area (Å²) >= 11 is 6.91. The van der Waals surface area contributed by atoms with E-state index in [1.807, 2.05) is 0 Å². The molecule has 1 aromatic carbocycles. The van der Waals surface area contributed by atoms with E-state index in [-0.39, 0.29) is 32.8 Å². The number of aromatic nitrogens is 2. The van der Waals surface area contributed by atoms with Crippen molar-refractivity contribution in [1.29, 1.82) is 5.41 Å². The second kappa shape index (κ2) is 9.66. The first-order valence-electron chi connectivity index (χ1n) is 8.84. The molecule has 168 valence electrons. The first-order valence-corrected chi connectivity index (χ1v) is 11.2. The van der Waals surface area contributed by atoms with Crippen molar-refractivity contribution in [2.24, 2.45) is 0 Å². The minimum absolute atomic E-state index is 0.00307. The predicted molar refractivity (Wildman–Crippen MR) is 113 cm³/mol. The number of benzene rings is 1. The van der Waals surface area contributed by atoms with E-state index in [0.717, 1.165) is 17.8 Å². The van der Waals surface area contributed by atoms with Crippen LogP contribution in [0.15, 0.2) is 34.4 Å². The first kappa shape index (κ1) is 25.3. The van der Waals surface area contributed by atoms with Crippen molar-refractivity contribution in [3.63, 3.8) is 0 Å². The average molecular weight is 494 g/mol. The van der Waals surface area contributed by atoms with Crippen molar-refractivity contribution in [2.75, 3.05) is 6.61 Å². The molecule has 1 aromatic heterocycles. The zero-order valence-corrected chi connectivity index (χ0v) is 19.4. The van der Waals surface area contributed by atoms with Crippen molar-refractivity contribution >= 4 is 45.2 Å². The van der Waals surface area contributed by atoms with E-state index in [2.05, 4.69) is 9.97 Å². The van der Waals surface area contributed by atoms with Gasteiger partial charge in [0.1, 0.15) is 10.1 Å². The molecule has 31 heavy (non-hydrogen) atoms. The van der Waals surface area contributed by atoms with Crippen LogP contribution in [0.2, 0.25) is 5.02 Å². The lowest BCUT2D eigenvalue weighted by molar-refractivity contribution is -0.137. The number of halogens is 4. The Kier molecular flexibility index (Phi) is 7.88. The molecule has 1 unspecified atom stereocenters. The van der Waals surface area contributed by atoms with Gasteiger partial charge in [-0.2, -0.15) is 13.2 Å². The molecule has 1 heterocycles. The van der Waals surface area contributed by atoms with Crippen LogP contribution in [-0.4, -0.2) is 36.5 Å². The highest BCUT2D eigenvalue weighted by Gasteiger charge is 2.35. The molecule has 0 saturated carbocycles. The van der Waals surface area contributed by atoms with Gasteiger partial charge >= 0.3 is 12.1 Å². The summed E-state index contributed by atoms with van der Waals surface area (Å²) in [5, 5.41) is 7.51. The van der Waals surface area contributed by atoms with Crippen molar-refractivity contribution in [3.05, 3.63) is 46.4 Å². The van der Waals surface area contributed by atoms with Crippen LogP contribution in [0.3, 0.4) is 0 Å². The first-order chi connectivity index (χ1) is 14.3. The van der Waals surface area contributed by atoms with E-state index in [1.54, 1.807) is 27.7 Å². The second-order valence-electron chi connectivity index (χ2n) is 7.08. The summed E-state index contributed by atoms with van der Waals surface area (Å²) in [4.78, 5) is 20.2. The van der Waals surface area contributed by atoms with E-state index in [0.29, 0.717) is 6.07 Å². The van der Waals surface area contributed by atoms with Gasteiger partial charge in [0.25, 0.3) is 0 Å². The molecule has 0 saturated heterocycles. The van der Waals surface area contributed by atoms with Gasteiger partial charge in [-0.05, 0) is 39.8 Å². The largest absolute Gasteiger partial charge is 0.461 e. The van der Waals surface area contributed by atoms with Gasteiger partial charge in [-0.15, -0.1) is 0 Å². The van der Waals surface area contributed by atoms with Crippen LogP contribution in [0.5, 0.6) is 0 Å². The Balaban J connectivity index is 2.67. The molecule has 1 N–H and O–H groups in total. The zero-order chi connectivity index (χ0) is 23.6. The summed E-state index contributed by atoms with van der Waals surface area (Å²) in [5.74, 6) is -0.768. The summed E-state index contributed by atoms with van der Waals surface area (Å²) in [6.45, 7) is 6.49. The van der Waals surface area contributed by atoms with Crippen molar-refractivity contribution < 1.29 is 26.9 Å². The zero-order valence-electron chi connectivity index (χ0n) is 17.0. The molecule has 0 aliphatic rings. The van der Waals surface area contributed by atoms with Gasteiger partial charge < -0.3 is 4.74 Å². The number of nitrogens with one attached hydrogen (secondary N) is 1. The van der Waals surface area contributed by atoms with Crippen LogP contribution < -0.4 is 0 Å². The standard InChI is InChI=1S/C19H19ClF3N3O3S2/c1-5-29-17(27)13-16(26-7-6-25-13)30-14-11(15(24)31(28)18(2,3)4)8-10(9-12(14)20)19(21,22)23/h6-9,24H,5H2,1-4H3. The van der Waals surface area contributed by atoms with Gasteiger partial charge in [-0.25, -0.2) is 14.8 Å². The highest BCUT2D eigenvalue weighted by molar-refractivity contribution is 8.02. The van der Waals surface area contributed by atoms with Crippen LogP contribution in [0.25, 0.3) is 0 Å². The summed E-state index contributed by atoms with van der Waals surface area (Å²) < 4.78 is 56.9. The molecule has 1 atom stereocenters. The third kappa shape index (κ3) is 6.05. The monoisotopic (exact) mass is 493 g/mol. The van der Waals surface area contributed by atoms with Crippen molar-refractivity contribution in [1.82, 2.24) is 9.97 Å². The van der Waals surface area contributed by atoms with E-state index >= 15 is 0 Å². The Morgan fingerprint density at radius 1 is 1.23 bits per heavy atom. The van der Waals surface area contributed by atoms with Crippen molar-refractivity contribution in [3.8, 4) is 0 Å². The van der Waals surface area contributed by atoms with Gasteiger partial charge in [0.15, 0.2) is 5.69 Å². The molecule has 0 fully saturated rings. The smallest absolute Gasteiger partial charge is 0.416 e. The van der Waals surface area contributed by atoms with Crippen molar-refractivity contribution in [2.45, 2.75) is 48.5 Å². The average Bonchev–Trinajstić information content (AvgIpc) is 2.67. The molecular weight excluding hydrogens is 475 g/mol. The molecule has 2 aromatic rings. The van der Waals surface area contributed by atoms with Gasteiger partial charge in [0.05, 0.1) is 28.0 Å². The second-order valence-corrected chi connectivity index (χ2v) is 10.7. The number of hydrogen-bond acceptors (Lipinski definition) is 7. The normalized spacial score (nSPS) is 13.0. The number of alkyl halides is 3. The Morgan fingerprint density at radius 2 is 1.84 bits per heavy atom. The Bertz CT molecular complexity index is 1040. The number of nitrogens with zero attached hydrogens (tertiary/aromatic N) is 2. The summed E-state index contributed by atoms with van der Waals surface area (Å²) in [6.07, 6.45) is -2.17. The van der Waals surface area contributed by atoms with Crippen LogP contribution in [0.1, 0.15) is 49.3 Å². The third-order valence-corrected chi connectivity index (χ3v) is 6.94. The molecule has 2 rings (SSSR count). The molecule has 0 spiro atoms.